The van der Waals surface area contributed by atoms with Crippen molar-refractivity contribution in [1.82, 2.24) is 0 Å². The number of unbranched alkanes of at least 4 members (excludes halogenated alkanes) is 6. The second-order valence-corrected chi connectivity index (χ2v) is 7.51. The predicted octanol–water partition coefficient (Wildman–Crippen LogP) is 6.33. The maximum Gasteiger partial charge on any atom is 0.00907 e. The lowest BCUT2D eigenvalue weighted by Crippen LogP contribution is -2.29. The van der Waals surface area contributed by atoms with Gasteiger partial charge in [-0.1, -0.05) is 74.2 Å². The van der Waals surface area contributed by atoms with Crippen LogP contribution in [0.25, 0.3) is 0 Å². The van der Waals surface area contributed by atoms with Crippen molar-refractivity contribution in [3.63, 3.8) is 0 Å². The predicted molar refractivity (Wildman–Crippen MR) is 84.3 cm³/mol. The molecule has 0 N–H and O–H groups in total. The molecule has 0 saturated heterocycles. The first-order valence-corrected chi connectivity index (χ1v) is 9.49. The van der Waals surface area contributed by atoms with Crippen molar-refractivity contribution in [2.24, 2.45) is 17.3 Å². The Morgan fingerprint density at radius 3 is 2.28 bits per heavy atom. The highest BCUT2D eigenvalue weighted by Gasteiger charge is 2.49. The van der Waals surface area contributed by atoms with Gasteiger partial charge in [0.2, 0.25) is 0 Å². The molecule has 3 unspecified atom stereocenters. The number of fused-ring (bicyclic) bond motifs is 2. The molecule has 0 amide bonds. The summed E-state index contributed by atoms with van der Waals surface area (Å²) in [5.41, 5.74) is 0.715. The van der Waals surface area contributed by atoms with Gasteiger partial charge in [0.15, 0.2) is 0 Å². The summed E-state index contributed by atoms with van der Waals surface area (Å²) in [5.74, 6) is 2.17. The average molecular weight is 315 g/mol. The van der Waals surface area contributed by atoms with E-state index in [0.29, 0.717) is 5.41 Å². The second kappa shape index (κ2) is 7.31. The zero-order chi connectivity index (χ0) is 12.8. The molecule has 3 atom stereocenters. The Bertz CT molecular complexity index is 238. The van der Waals surface area contributed by atoms with Gasteiger partial charge in [-0.15, -0.1) is 0 Å². The molecule has 0 aromatic rings. The van der Waals surface area contributed by atoms with Crippen molar-refractivity contribution < 1.29 is 0 Å². The third kappa shape index (κ3) is 3.52. The summed E-state index contributed by atoms with van der Waals surface area (Å²) in [6.07, 6.45) is 17.9. The second-order valence-electron chi connectivity index (χ2n) is 6.95. The van der Waals surface area contributed by atoms with Crippen molar-refractivity contribution in [2.45, 2.75) is 84.0 Å². The Kier molecular flexibility index (Phi) is 6.04. The van der Waals surface area contributed by atoms with Crippen LogP contribution in [0.3, 0.4) is 0 Å². The first-order valence-electron chi connectivity index (χ1n) is 8.36. The van der Waals surface area contributed by atoms with E-state index in [0.717, 1.165) is 11.8 Å². The molecule has 0 aliphatic heterocycles. The van der Waals surface area contributed by atoms with Crippen LogP contribution in [0.15, 0.2) is 0 Å². The zero-order valence-electron chi connectivity index (χ0n) is 12.2. The number of hydrogen-bond donors (Lipinski definition) is 0. The zero-order valence-corrected chi connectivity index (χ0v) is 13.8. The van der Waals surface area contributed by atoms with Crippen LogP contribution >= 0.6 is 15.9 Å². The summed E-state index contributed by atoms with van der Waals surface area (Å²) < 4.78 is 0. The first kappa shape index (κ1) is 14.9. The lowest BCUT2D eigenvalue weighted by molar-refractivity contribution is 0.175. The molecule has 2 rings (SSSR count). The van der Waals surface area contributed by atoms with Crippen molar-refractivity contribution in [3.05, 3.63) is 0 Å². The van der Waals surface area contributed by atoms with Gasteiger partial charge < -0.3 is 0 Å². The van der Waals surface area contributed by atoms with E-state index in [1.165, 1.54) is 69.5 Å². The summed E-state index contributed by atoms with van der Waals surface area (Å²) >= 11 is 3.84. The highest BCUT2D eigenvalue weighted by atomic mass is 79.9. The molecule has 0 aromatic heterocycles. The topological polar surface area (TPSA) is 0 Å². The fourth-order valence-corrected chi connectivity index (χ4v) is 5.50. The Balaban J connectivity index is 1.60. The van der Waals surface area contributed by atoms with E-state index >= 15 is 0 Å². The van der Waals surface area contributed by atoms with Crippen molar-refractivity contribution >= 4 is 15.9 Å². The highest BCUT2D eigenvalue weighted by Crippen LogP contribution is 2.58. The van der Waals surface area contributed by atoms with Gasteiger partial charge in [0.05, 0.1) is 0 Å². The van der Waals surface area contributed by atoms with Crippen LogP contribution in [0.5, 0.6) is 0 Å². The molecule has 2 aliphatic rings. The smallest absolute Gasteiger partial charge is 0.00907 e. The molecule has 0 aromatic carbocycles. The van der Waals surface area contributed by atoms with E-state index in [1.54, 1.807) is 12.8 Å². The quantitative estimate of drug-likeness (QED) is 0.344. The van der Waals surface area contributed by atoms with Gasteiger partial charge in [-0.3, -0.25) is 0 Å². The van der Waals surface area contributed by atoms with E-state index in [1.807, 2.05) is 0 Å². The lowest BCUT2D eigenvalue weighted by atomic mass is 9.71. The summed E-state index contributed by atoms with van der Waals surface area (Å²) in [6.45, 7) is 2.30. The van der Waals surface area contributed by atoms with Gasteiger partial charge in [-0.25, -0.2) is 0 Å². The molecule has 0 spiro atoms. The van der Waals surface area contributed by atoms with E-state index in [-0.39, 0.29) is 0 Å². The Hall–Kier alpha value is 0.480. The molecular formula is C17H31Br. The Morgan fingerprint density at radius 1 is 1.00 bits per heavy atom. The van der Waals surface area contributed by atoms with Gasteiger partial charge >= 0.3 is 0 Å². The van der Waals surface area contributed by atoms with E-state index in [2.05, 4.69) is 22.9 Å². The maximum absolute atomic E-state index is 3.84. The van der Waals surface area contributed by atoms with Crippen LogP contribution in [-0.2, 0) is 0 Å². The van der Waals surface area contributed by atoms with Crippen molar-refractivity contribution in [1.29, 1.82) is 0 Å². The van der Waals surface area contributed by atoms with Crippen LogP contribution < -0.4 is 0 Å². The third-order valence-electron chi connectivity index (χ3n) is 5.65. The van der Waals surface area contributed by atoms with Gasteiger partial charge in [-0.05, 0) is 42.9 Å². The van der Waals surface area contributed by atoms with Crippen molar-refractivity contribution in [3.8, 4) is 0 Å². The molecule has 1 heteroatoms. The normalized spacial score (nSPS) is 34.3. The molecule has 0 nitrogen and oxygen atoms in total. The minimum absolute atomic E-state index is 0.715. The third-order valence-corrected chi connectivity index (χ3v) is 6.76. The van der Waals surface area contributed by atoms with Crippen LogP contribution in [0.2, 0.25) is 0 Å². The fraction of sp³-hybridized carbons (Fsp3) is 1.00. The summed E-state index contributed by atoms with van der Waals surface area (Å²) in [4.78, 5) is 0. The van der Waals surface area contributed by atoms with Crippen LogP contribution in [0.4, 0.5) is 0 Å². The van der Waals surface area contributed by atoms with Crippen LogP contribution in [0.1, 0.15) is 84.0 Å². The number of halogens is 1. The molecule has 2 fully saturated rings. The monoisotopic (exact) mass is 314 g/mol. The van der Waals surface area contributed by atoms with Gasteiger partial charge in [-0.2, -0.15) is 0 Å². The summed E-state index contributed by atoms with van der Waals surface area (Å²) in [5, 5.41) is 1.27. The number of alkyl halides is 1. The number of rotatable bonds is 9. The van der Waals surface area contributed by atoms with Crippen LogP contribution in [-0.4, -0.2) is 5.33 Å². The molecule has 0 heterocycles. The van der Waals surface area contributed by atoms with Crippen LogP contribution in [0, 0.1) is 17.3 Å². The summed E-state index contributed by atoms with van der Waals surface area (Å²) in [6, 6.07) is 0. The van der Waals surface area contributed by atoms with Crippen molar-refractivity contribution in [2.75, 3.05) is 5.33 Å². The molecule has 106 valence electrons. The standard InChI is InChI=1S/C17H31Br/c1-2-3-4-5-6-7-8-11-17(14-18)13-15-9-10-16(17)12-15/h15-16H,2-14H2,1H3. The molecule has 2 aliphatic carbocycles. The Morgan fingerprint density at radius 2 is 1.72 bits per heavy atom. The van der Waals surface area contributed by atoms with E-state index in [9.17, 15) is 0 Å². The van der Waals surface area contributed by atoms with Gasteiger partial charge in [0.1, 0.15) is 0 Å². The highest BCUT2D eigenvalue weighted by molar-refractivity contribution is 9.09. The van der Waals surface area contributed by atoms with Gasteiger partial charge in [0, 0.05) is 5.33 Å². The van der Waals surface area contributed by atoms with Gasteiger partial charge in [0.25, 0.3) is 0 Å². The molecule has 2 saturated carbocycles. The largest absolute Gasteiger partial charge is 0.0922 e. The Labute approximate surface area is 122 Å². The SMILES string of the molecule is CCCCCCCCCC1(CBr)CC2CCC1C2. The van der Waals surface area contributed by atoms with E-state index in [4.69, 9.17) is 0 Å². The van der Waals surface area contributed by atoms with E-state index < -0.39 is 0 Å². The lowest BCUT2D eigenvalue weighted by Gasteiger charge is -2.36. The molecule has 0 radical (unpaired) electrons. The molecular weight excluding hydrogens is 284 g/mol. The first-order chi connectivity index (χ1) is 8.80. The average Bonchev–Trinajstić information content (AvgIpc) is 2.98. The fourth-order valence-electron chi connectivity index (χ4n) is 4.53. The minimum atomic E-state index is 0.715. The minimum Gasteiger partial charge on any atom is -0.0922 e. The number of hydrogen-bond acceptors (Lipinski definition) is 0. The maximum atomic E-state index is 3.84. The molecule has 2 bridgehead atoms. The molecule has 18 heavy (non-hydrogen) atoms. The summed E-state index contributed by atoms with van der Waals surface area (Å²) in [7, 11) is 0.